The Morgan fingerprint density at radius 1 is 0.673 bits per heavy atom. The Morgan fingerprint density at radius 2 is 1.04 bits per heavy atom. The van der Waals surface area contributed by atoms with Crippen LogP contribution in [0.4, 0.5) is 21.0 Å². The number of hydrogen-bond acceptors (Lipinski definition) is 14. The zero-order chi connectivity index (χ0) is 41.7. The summed E-state index contributed by atoms with van der Waals surface area (Å²) in [7, 11) is 2.76. The SMILES string of the molecule is COc1cc(N2CCN(C(=O)OC(C)(C)C)CC2)cc(C=O)c1C(=O)O.COc1cc(N2CCN(C(=O)OC(C)(C)C)CC2)cc(CO)c1C(=O)O.[O]=[Mn]=[O]. The number of carbonyl (C=O) groups excluding carboxylic acids is 3. The number of nitrogens with zero attached hydrogens (tertiary/aromatic N) is 4. The molecular weight excluding hydrogens is 767 g/mol. The summed E-state index contributed by atoms with van der Waals surface area (Å²) in [5.41, 5.74) is 0.502. The molecule has 0 unspecified atom stereocenters. The van der Waals surface area contributed by atoms with Crippen LogP contribution in [0.1, 0.15) is 78.2 Å². The van der Waals surface area contributed by atoms with E-state index >= 15 is 0 Å². The number of carbonyl (C=O) groups is 5. The van der Waals surface area contributed by atoms with Crippen molar-refractivity contribution in [3.63, 3.8) is 0 Å². The number of aliphatic hydroxyl groups excluding tert-OH is 1. The molecule has 2 aromatic rings. The maximum absolute atomic E-state index is 12.1. The average molecular weight is 818 g/mol. The van der Waals surface area contributed by atoms with Gasteiger partial charge in [0.25, 0.3) is 0 Å². The van der Waals surface area contributed by atoms with Crippen molar-refractivity contribution in [1.82, 2.24) is 9.80 Å². The second-order valence-corrected chi connectivity index (χ2v) is 14.3. The predicted octanol–water partition coefficient (Wildman–Crippen LogP) is 3.97. The van der Waals surface area contributed by atoms with Crippen LogP contribution in [0.5, 0.6) is 11.5 Å². The molecule has 0 bridgehead atoms. The molecule has 0 atom stereocenters. The Bertz CT molecular complexity index is 1690. The van der Waals surface area contributed by atoms with E-state index in [1.54, 1.807) is 28.0 Å². The molecule has 2 fully saturated rings. The van der Waals surface area contributed by atoms with Gasteiger partial charge in [0.15, 0.2) is 6.29 Å². The van der Waals surface area contributed by atoms with Crippen molar-refractivity contribution in [3.8, 4) is 11.5 Å². The standard InChI is InChI=1S/C18H26N2O6.C18H24N2O6.Mn.2O/c2*1-18(2,3)26-17(24)20-7-5-19(6-8-20)13-9-12(11-21)15(16(22)23)14(10-13)25-4;;;/h9-10,21H,5-8,11H2,1-4H3,(H,22,23);9-11H,5-8H2,1-4H3,(H,22,23);;;. The minimum atomic E-state index is -1.44. The molecule has 0 saturated carbocycles. The Balaban J connectivity index is 0.000000355. The molecule has 2 heterocycles. The van der Waals surface area contributed by atoms with Gasteiger partial charge in [0, 0.05) is 81.4 Å². The first-order valence-corrected chi connectivity index (χ1v) is 18.0. The van der Waals surface area contributed by atoms with Gasteiger partial charge in [-0.2, -0.15) is 0 Å². The number of carboxylic acid groups (broad SMARTS) is 2. The van der Waals surface area contributed by atoms with Crippen LogP contribution < -0.4 is 19.3 Å². The van der Waals surface area contributed by atoms with Crippen LogP contribution in [0.25, 0.3) is 0 Å². The van der Waals surface area contributed by atoms with Gasteiger partial charge in [-0.05, 0) is 59.2 Å². The molecule has 0 radical (unpaired) electrons. The summed E-state index contributed by atoms with van der Waals surface area (Å²) < 4.78 is 37.9. The molecule has 4 rings (SSSR count). The van der Waals surface area contributed by atoms with Gasteiger partial charge < -0.3 is 53.9 Å². The van der Waals surface area contributed by atoms with Gasteiger partial charge in [0.2, 0.25) is 0 Å². The first-order valence-electron chi connectivity index (χ1n) is 17.0. The van der Waals surface area contributed by atoms with Crippen molar-refractivity contribution < 1.29 is 80.7 Å². The molecule has 0 aromatic heterocycles. The van der Waals surface area contributed by atoms with Crippen molar-refractivity contribution in [3.05, 3.63) is 46.5 Å². The Labute approximate surface area is 325 Å². The predicted molar refractivity (Wildman–Crippen MR) is 193 cm³/mol. The van der Waals surface area contributed by atoms with Gasteiger partial charge in [-0.3, -0.25) is 4.79 Å². The third-order valence-electron chi connectivity index (χ3n) is 8.04. The number of carboxylic acids is 2. The molecule has 2 aliphatic rings. The summed E-state index contributed by atoms with van der Waals surface area (Å²) in [6.45, 7) is 14.7. The monoisotopic (exact) mass is 817 g/mol. The molecule has 2 aromatic carbocycles. The summed E-state index contributed by atoms with van der Waals surface area (Å²) in [4.78, 5) is 65.6. The molecule has 2 aliphatic heterocycles. The van der Waals surface area contributed by atoms with E-state index in [0.717, 1.165) is 5.69 Å². The van der Waals surface area contributed by atoms with E-state index in [4.69, 9.17) is 26.6 Å². The fraction of sp³-hybridized carbons (Fsp3) is 0.528. The van der Waals surface area contributed by atoms with Crippen LogP contribution in [0.3, 0.4) is 0 Å². The maximum atomic E-state index is 12.1. The summed E-state index contributed by atoms with van der Waals surface area (Å²) >= 11 is -1.44. The van der Waals surface area contributed by atoms with Gasteiger partial charge in [-0.1, -0.05) is 0 Å². The molecule has 0 aliphatic carbocycles. The van der Waals surface area contributed by atoms with Gasteiger partial charge in [0.1, 0.15) is 33.8 Å². The fourth-order valence-electron chi connectivity index (χ4n) is 5.60. The van der Waals surface area contributed by atoms with E-state index in [1.165, 1.54) is 20.3 Å². The van der Waals surface area contributed by atoms with E-state index in [1.807, 2.05) is 51.3 Å². The van der Waals surface area contributed by atoms with Crippen LogP contribution in [-0.2, 0) is 38.6 Å². The van der Waals surface area contributed by atoms with Gasteiger partial charge in [-0.25, -0.2) is 19.2 Å². The Kier molecular flexibility index (Phi) is 17.2. The van der Waals surface area contributed by atoms with Crippen molar-refractivity contribution in [2.75, 3.05) is 76.4 Å². The van der Waals surface area contributed by atoms with Crippen LogP contribution in [0, 0.1) is 0 Å². The number of aliphatic hydroxyl groups is 1. The Hall–Kier alpha value is -5.13. The van der Waals surface area contributed by atoms with E-state index in [2.05, 4.69) is 0 Å². The van der Waals surface area contributed by atoms with Crippen LogP contribution in [0.15, 0.2) is 24.3 Å². The number of piperazine rings is 2. The van der Waals surface area contributed by atoms with Crippen LogP contribution >= 0.6 is 0 Å². The van der Waals surface area contributed by atoms with E-state index < -0.39 is 44.6 Å². The van der Waals surface area contributed by atoms with Crippen molar-refractivity contribution >= 4 is 41.8 Å². The molecule has 19 heteroatoms. The number of ether oxygens (including phenoxy) is 4. The molecule has 18 nitrogen and oxygen atoms in total. The van der Waals surface area contributed by atoms with E-state index in [9.17, 15) is 39.3 Å². The fourth-order valence-corrected chi connectivity index (χ4v) is 5.60. The van der Waals surface area contributed by atoms with E-state index in [-0.39, 0.29) is 40.4 Å². The number of aromatic carboxylic acids is 2. The van der Waals surface area contributed by atoms with Crippen LogP contribution in [0.2, 0.25) is 0 Å². The van der Waals surface area contributed by atoms with Gasteiger partial charge >= 0.3 is 46.6 Å². The van der Waals surface area contributed by atoms with Crippen molar-refractivity contribution in [2.45, 2.75) is 59.4 Å². The topological polar surface area (TPSA) is 230 Å². The van der Waals surface area contributed by atoms with Crippen molar-refractivity contribution in [1.29, 1.82) is 0 Å². The van der Waals surface area contributed by atoms with Gasteiger partial charge in [0.05, 0.1) is 20.8 Å². The summed E-state index contributed by atoms with van der Waals surface area (Å²) in [6.07, 6.45) is -0.191. The minimum absolute atomic E-state index is 0.0360. The number of rotatable bonds is 8. The second-order valence-electron chi connectivity index (χ2n) is 14.2. The van der Waals surface area contributed by atoms with Gasteiger partial charge in [-0.15, -0.1) is 0 Å². The van der Waals surface area contributed by atoms with E-state index in [0.29, 0.717) is 69.9 Å². The number of benzene rings is 2. The average Bonchev–Trinajstić information content (AvgIpc) is 3.12. The molecular formula is C36H50MnN4O14. The first-order chi connectivity index (χ1) is 25.7. The third kappa shape index (κ3) is 13.6. The molecule has 3 N–H and O–H groups in total. The molecule has 2 saturated heterocycles. The number of methoxy groups -OCH3 is 2. The number of anilines is 2. The second kappa shape index (κ2) is 20.5. The number of aldehydes is 1. The normalized spacial score (nSPS) is 14.3. The molecule has 0 spiro atoms. The molecule has 305 valence electrons. The number of hydrogen-bond donors (Lipinski definition) is 3. The Morgan fingerprint density at radius 3 is 1.35 bits per heavy atom. The summed E-state index contributed by atoms with van der Waals surface area (Å²) in [5.74, 6) is -2.03. The molecule has 55 heavy (non-hydrogen) atoms. The summed E-state index contributed by atoms with van der Waals surface area (Å²) in [5, 5.41) is 28.2. The van der Waals surface area contributed by atoms with Crippen molar-refractivity contribution in [2.24, 2.45) is 0 Å². The first kappa shape index (κ1) is 46.0. The quantitative estimate of drug-likeness (QED) is 0.253. The number of amides is 2. The zero-order valence-electron chi connectivity index (χ0n) is 32.2. The third-order valence-corrected chi connectivity index (χ3v) is 8.04. The molecule has 2 amide bonds. The van der Waals surface area contributed by atoms with Crippen LogP contribution in [-0.4, -0.2) is 133 Å². The summed E-state index contributed by atoms with van der Waals surface area (Å²) in [6, 6.07) is 6.42. The zero-order valence-corrected chi connectivity index (χ0v) is 33.4.